The van der Waals surface area contributed by atoms with Crippen LogP contribution in [0.25, 0.3) is 0 Å². The molecule has 0 spiro atoms. The number of ether oxygens (including phenoxy) is 1. The van der Waals surface area contributed by atoms with E-state index in [1.54, 1.807) is 30.3 Å². The standard InChI is InChI=1S/C15H10BrFN2O2/c16-10-4-3-5-11(17)14(10)15(20)19-12-6-1-2-7-13(12)21-9-8-18/h1-7H,9H2,(H,19,20). The fraction of sp³-hybridized carbons (Fsp3) is 0.0667. The van der Waals surface area contributed by atoms with Gasteiger partial charge in [-0.15, -0.1) is 0 Å². The molecule has 0 aromatic heterocycles. The predicted molar refractivity (Wildman–Crippen MR) is 79.6 cm³/mol. The molecule has 0 radical (unpaired) electrons. The van der Waals surface area contributed by atoms with Gasteiger partial charge in [-0.2, -0.15) is 5.26 Å². The molecule has 0 unspecified atom stereocenters. The van der Waals surface area contributed by atoms with Crippen molar-refractivity contribution in [1.29, 1.82) is 5.26 Å². The molecule has 1 amide bonds. The number of nitriles is 1. The normalized spacial score (nSPS) is 9.76. The summed E-state index contributed by atoms with van der Waals surface area (Å²) in [5.41, 5.74) is 0.278. The molecule has 0 heterocycles. The zero-order valence-corrected chi connectivity index (χ0v) is 12.4. The van der Waals surface area contributed by atoms with Crippen molar-refractivity contribution in [3.8, 4) is 11.8 Å². The summed E-state index contributed by atoms with van der Waals surface area (Å²) in [6, 6.07) is 12.8. The second-order valence-corrected chi connectivity index (χ2v) is 4.85. The van der Waals surface area contributed by atoms with Crippen LogP contribution in [0.4, 0.5) is 10.1 Å². The minimum Gasteiger partial charge on any atom is -0.477 e. The lowest BCUT2D eigenvalue weighted by atomic mass is 10.2. The number of para-hydroxylation sites is 2. The number of carbonyl (C=O) groups is 1. The van der Waals surface area contributed by atoms with Crippen LogP contribution in [0.5, 0.6) is 5.75 Å². The summed E-state index contributed by atoms with van der Waals surface area (Å²) >= 11 is 3.15. The number of halogens is 2. The Morgan fingerprint density at radius 1 is 1.29 bits per heavy atom. The number of nitrogens with zero attached hydrogens (tertiary/aromatic N) is 1. The van der Waals surface area contributed by atoms with Crippen LogP contribution in [0.15, 0.2) is 46.9 Å². The van der Waals surface area contributed by atoms with E-state index in [9.17, 15) is 9.18 Å². The Kier molecular flexibility index (Phi) is 4.90. The highest BCUT2D eigenvalue weighted by Crippen LogP contribution is 2.26. The molecule has 0 saturated carbocycles. The van der Waals surface area contributed by atoms with Crippen molar-refractivity contribution in [1.82, 2.24) is 0 Å². The third kappa shape index (κ3) is 3.58. The van der Waals surface area contributed by atoms with E-state index >= 15 is 0 Å². The van der Waals surface area contributed by atoms with Crippen LogP contribution >= 0.6 is 15.9 Å². The van der Waals surface area contributed by atoms with Gasteiger partial charge in [0.1, 0.15) is 17.6 Å². The van der Waals surface area contributed by atoms with Gasteiger partial charge in [-0.05, 0) is 40.2 Å². The summed E-state index contributed by atoms with van der Waals surface area (Å²) in [6.07, 6.45) is 0. The van der Waals surface area contributed by atoms with Crippen LogP contribution in [-0.2, 0) is 0 Å². The van der Waals surface area contributed by atoms with Crippen LogP contribution in [-0.4, -0.2) is 12.5 Å². The highest BCUT2D eigenvalue weighted by atomic mass is 79.9. The van der Waals surface area contributed by atoms with Crippen molar-refractivity contribution in [2.75, 3.05) is 11.9 Å². The largest absolute Gasteiger partial charge is 0.477 e. The van der Waals surface area contributed by atoms with E-state index < -0.39 is 11.7 Å². The van der Waals surface area contributed by atoms with Gasteiger partial charge >= 0.3 is 0 Å². The van der Waals surface area contributed by atoms with Crippen LogP contribution < -0.4 is 10.1 Å². The molecule has 1 N–H and O–H groups in total. The summed E-state index contributed by atoms with van der Waals surface area (Å²) in [4.78, 5) is 12.2. The number of hydrogen-bond donors (Lipinski definition) is 1. The summed E-state index contributed by atoms with van der Waals surface area (Å²) in [5.74, 6) is -0.884. The minimum atomic E-state index is -0.628. The Morgan fingerprint density at radius 3 is 2.76 bits per heavy atom. The molecule has 21 heavy (non-hydrogen) atoms. The first kappa shape index (κ1) is 15.0. The molecular formula is C15H10BrFN2O2. The fourth-order valence-corrected chi connectivity index (χ4v) is 2.23. The van der Waals surface area contributed by atoms with Gasteiger partial charge in [-0.1, -0.05) is 18.2 Å². The summed E-state index contributed by atoms with van der Waals surface area (Å²) in [6.45, 7) is -0.143. The molecule has 0 bridgehead atoms. The predicted octanol–water partition coefficient (Wildman–Crippen LogP) is 3.74. The lowest BCUT2D eigenvalue weighted by Crippen LogP contribution is -2.15. The van der Waals surface area contributed by atoms with Crippen molar-refractivity contribution < 1.29 is 13.9 Å². The van der Waals surface area contributed by atoms with Gasteiger partial charge in [-0.3, -0.25) is 4.79 Å². The lowest BCUT2D eigenvalue weighted by molar-refractivity contribution is 0.102. The SMILES string of the molecule is N#CCOc1ccccc1NC(=O)c1c(F)cccc1Br. The van der Waals surface area contributed by atoms with Gasteiger partial charge < -0.3 is 10.1 Å². The van der Waals surface area contributed by atoms with Gasteiger partial charge in [0.2, 0.25) is 0 Å². The van der Waals surface area contributed by atoms with Crippen molar-refractivity contribution >= 4 is 27.5 Å². The zero-order valence-electron chi connectivity index (χ0n) is 10.8. The molecule has 0 aliphatic carbocycles. The third-order valence-electron chi connectivity index (χ3n) is 2.62. The average molecular weight is 349 g/mol. The number of hydrogen-bond acceptors (Lipinski definition) is 3. The maximum Gasteiger partial charge on any atom is 0.259 e. The number of anilines is 1. The minimum absolute atomic E-state index is 0.0902. The number of rotatable bonds is 4. The van der Waals surface area contributed by atoms with Crippen molar-refractivity contribution in [3.05, 3.63) is 58.3 Å². The Bertz CT molecular complexity index is 693. The number of nitrogens with one attached hydrogen (secondary N) is 1. The van der Waals surface area contributed by atoms with Gasteiger partial charge in [0.15, 0.2) is 6.61 Å². The molecule has 0 fully saturated rings. The molecule has 0 aliphatic rings. The molecule has 106 valence electrons. The van der Waals surface area contributed by atoms with Gasteiger partial charge in [-0.25, -0.2) is 4.39 Å². The third-order valence-corrected chi connectivity index (χ3v) is 3.28. The molecule has 0 atom stereocenters. The number of benzene rings is 2. The molecular weight excluding hydrogens is 339 g/mol. The average Bonchev–Trinajstić information content (AvgIpc) is 2.46. The van der Waals surface area contributed by atoms with Gasteiger partial charge in [0, 0.05) is 4.47 Å². The number of amides is 1. The highest BCUT2D eigenvalue weighted by Gasteiger charge is 2.16. The molecule has 2 rings (SSSR count). The number of carbonyl (C=O) groups excluding carboxylic acids is 1. The van der Waals surface area contributed by atoms with Crippen LogP contribution in [0.3, 0.4) is 0 Å². The van der Waals surface area contributed by atoms with Crippen LogP contribution in [0.1, 0.15) is 10.4 Å². The van der Waals surface area contributed by atoms with E-state index in [0.29, 0.717) is 15.9 Å². The smallest absolute Gasteiger partial charge is 0.259 e. The second kappa shape index (κ2) is 6.86. The monoisotopic (exact) mass is 348 g/mol. The van der Waals surface area contributed by atoms with Gasteiger partial charge in [0.25, 0.3) is 5.91 Å². The van der Waals surface area contributed by atoms with Crippen molar-refractivity contribution in [3.63, 3.8) is 0 Å². The molecule has 2 aromatic carbocycles. The van der Waals surface area contributed by atoms with Crippen LogP contribution in [0.2, 0.25) is 0 Å². The lowest BCUT2D eigenvalue weighted by Gasteiger charge is -2.11. The molecule has 4 nitrogen and oxygen atoms in total. The van der Waals surface area contributed by atoms with E-state index in [2.05, 4.69) is 21.2 Å². The summed E-state index contributed by atoms with van der Waals surface area (Å²) in [7, 11) is 0. The quantitative estimate of drug-likeness (QED) is 0.915. The van der Waals surface area contributed by atoms with E-state index in [4.69, 9.17) is 10.00 Å². The Hall–Kier alpha value is -2.39. The fourth-order valence-electron chi connectivity index (χ4n) is 1.71. The van der Waals surface area contributed by atoms with Crippen molar-refractivity contribution in [2.24, 2.45) is 0 Å². The Labute approximate surface area is 129 Å². The summed E-state index contributed by atoms with van der Waals surface area (Å²) in [5, 5.41) is 11.1. The first-order valence-electron chi connectivity index (χ1n) is 5.97. The highest BCUT2D eigenvalue weighted by molar-refractivity contribution is 9.10. The first-order valence-corrected chi connectivity index (χ1v) is 6.77. The summed E-state index contributed by atoms with van der Waals surface area (Å²) < 4.78 is 19.3. The maximum atomic E-state index is 13.7. The first-order chi connectivity index (χ1) is 10.1. The van der Waals surface area contributed by atoms with E-state index in [-0.39, 0.29) is 12.2 Å². The van der Waals surface area contributed by atoms with E-state index in [0.717, 1.165) is 0 Å². The van der Waals surface area contributed by atoms with E-state index in [1.807, 2.05) is 6.07 Å². The zero-order chi connectivity index (χ0) is 15.2. The van der Waals surface area contributed by atoms with Crippen molar-refractivity contribution in [2.45, 2.75) is 0 Å². The topological polar surface area (TPSA) is 62.1 Å². The van der Waals surface area contributed by atoms with Crippen LogP contribution in [0, 0.1) is 17.1 Å². The van der Waals surface area contributed by atoms with E-state index in [1.165, 1.54) is 12.1 Å². The van der Waals surface area contributed by atoms with Gasteiger partial charge in [0.05, 0.1) is 11.3 Å². The molecule has 2 aromatic rings. The second-order valence-electron chi connectivity index (χ2n) is 3.99. The molecule has 0 aliphatic heterocycles. The Morgan fingerprint density at radius 2 is 2.05 bits per heavy atom. The molecule has 6 heteroatoms. The molecule has 0 saturated heterocycles. The Balaban J connectivity index is 2.26. The maximum absolute atomic E-state index is 13.7.